The van der Waals surface area contributed by atoms with Crippen LogP contribution in [0.25, 0.3) is 11.1 Å². The van der Waals surface area contributed by atoms with Crippen LogP contribution in [0, 0.1) is 5.92 Å². The van der Waals surface area contributed by atoms with Gasteiger partial charge < -0.3 is 0 Å². The third-order valence-electron chi connectivity index (χ3n) is 6.95. The minimum absolute atomic E-state index is 0.541. The van der Waals surface area contributed by atoms with Crippen LogP contribution in [0.5, 0.6) is 0 Å². The topological polar surface area (TPSA) is 25.8 Å². The van der Waals surface area contributed by atoms with Crippen molar-refractivity contribution in [2.24, 2.45) is 5.92 Å². The van der Waals surface area contributed by atoms with E-state index < -0.39 is 6.17 Å². The van der Waals surface area contributed by atoms with E-state index in [1.807, 2.05) is 12.4 Å². The first-order valence-corrected chi connectivity index (χ1v) is 12.7. The quantitative estimate of drug-likeness (QED) is 0.319. The molecule has 1 atom stereocenters. The lowest BCUT2D eigenvalue weighted by Crippen LogP contribution is -2.15. The molecule has 2 aromatic rings. The molecular weight excluding hydrogens is 383 g/mol. The van der Waals surface area contributed by atoms with Gasteiger partial charge >= 0.3 is 0 Å². The van der Waals surface area contributed by atoms with E-state index in [-0.39, 0.29) is 0 Å². The van der Waals surface area contributed by atoms with Gasteiger partial charge in [-0.05, 0) is 68.9 Å². The summed E-state index contributed by atoms with van der Waals surface area (Å²) >= 11 is 0. The number of halogens is 1. The first-order valence-electron chi connectivity index (χ1n) is 12.7. The second-order valence-electron chi connectivity index (χ2n) is 9.62. The third kappa shape index (κ3) is 8.01. The Balaban J connectivity index is 1.44. The van der Waals surface area contributed by atoms with Crippen molar-refractivity contribution >= 4 is 0 Å². The fourth-order valence-corrected chi connectivity index (χ4v) is 4.89. The normalized spacial score (nSPS) is 20.0. The summed E-state index contributed by atoms with van der Waals surface area (Å²) in [5.74, 6) is 2.50. The van der Waals surface area contributed by atoms with E-state index in [4.69, 9.17) is 9.97 Å². The molecule has 0 aliphatic heterocycles. The number of hydrogen-bond acceptors (Lipinski definition) is 2. The molecule has 1 fully saturated rings. The highest BCUT2D eigenvalue weighted by molar-refractivity contribution is 5.61. The number of aromatic nitrogens is 2. The molecule has 1 unspecified atom stereocenters. The van der Waals surface area contributed by atoms with Crippen LogP contribution in [0.2, 0.25) is 0 Å². The summed E-state index contributed by atoms with van der Waals surface area (Å²) in [5.41, 5.74) is 3.63. The van der Waals surface area contributed by atoms with E-state index in [0.717, 1.165) is 43.0 Å². The summed E-state index contributed by atoms with van der Waals surface area (Å²) < 4.78 is 12.8. The Hall–Kier alpha value is -1.77. The van der Waals surface area contributed by atoms with Crippen LogP contribution in [0.1, 0.15) is 108 Å². The van der Waals surface area contributed by atoms with E-state index in [2.05, 4.69) is 31.2 Å². The van der Waals surface area contributed by atoms with Gasteiger partial charge in [0.2, 0.25) is 0 Å². The SMILES string of the molecule is CCCCCC1CCC(c2ncc(-c3ccc(CCCCCC(C)F)cc3)cn2)CC1. The van der Waals surface area contributed by atoms with Gasteiger partial charge in [0.25, 0.3) is 0 Å². The molecule has 0 N–H and O–H groups in total. The standard InChI is InChI=1S/C28H41FN2/c1-3-4-6-10-23-14-18-26(19-15-23)28-30-20-27(21-31-28)25-16-12-24(13-17-25)11-8-5-7-9-22(2)29/h12-13,16-17,20-23,26H,3-11,14-15,18-19H2,1-2H3. The predicted octanol–water partition coefficient (Wildman–Crippen LogP) is 8.46. The van der Waals surface area contributed by atoms with Crippen LogP contribution >= 0.6 is 0 Å². The Morgan fingerprint density at radius 3 is 2.23 bits per heavy atom. The van der Waals surface area contributed by atoms with Crippen molar-refractivity contribution in [2.45, 2.75) is 109 Å². The Morgan fingerprint density at radius 2 is 1.58 bits per heavy atom. The van der Waals surface area contributed by atoms with E-state index in [1.54, 1.807) is 6.92 Å². The van der Waals surface area contributed by atoms with Gasteiger partial charge in [-0.15, -0.1) is 0 Å². The number of benzene rings is 1. The van der Waals surface area contributed by atoms with Crippen LogP contribution in [0.15, 0.2) is 36.7 Å². The van der Waals surface area contributed by atoms with Gasteiger partial charge in [0.15, 0.2) is 0 Å². The van der Waals surface area contributed by atoms with Gasteiger partial charge in [-0.2, -0.15) is 0 Å². The fraction of sp³-hybridized carbons (Fsp3) is 0.643. The molecule has 1 aromatic heterocycles. The molecule has 3 heteroatoms. The molecule has 0 radical (unpaired) electrons. The molecule has 170 valence electrons. The number of alkyl halides is 1. The zero-order valence-corrected chi connectivity index (χ0v) is 19.7. The molecule has 31 heavy (non-hydrogen) atoms. The maximum atomic E-state index is 12.8. The monoisotopic (exact) mass is 424 g/mol. The maximum Gasteiger partial charge on any atom is 0.131 e. The lowest BCUT2D eigenvalue weighted by Gasteiger charge is -2.27. The first kappa shape index (κ1) is 23.9. The van der Waals surface area contributed by atoms with Crippen LogP contribution < -0.4 is 0 Å². The minimum Gasteiger partial charge on any atom is -0.248 e. The molecule has 1 aromatic carbocycles. The average Bonchev–Trinajstić information content (AvgIpc) is 2.80. The van der Waals surface area contributed by atoms with Gasteiger partial charge in [0, 0.05) is 23.9 Å². The van der Waals surface area contributed by atoms with Crippen molar-refractivity contribution in [3.8, 4) is 11.1 Å². The lowest BCUT2D eigenvalue weighted by atomic mass is 9.79. The lowest BCUT2D eigenvalue weighted by molar-refractivity contribution is 0.297. The molecule has 1 heterocycles. The summed E-state index contributed by atoms with van der Waals surface area (Å²) in [6, 6.07) is 8.78. The summed E-state index contributed by atoms with van der Waals surface area (Å²) in [6.45, 7) is 3.93. The largest absolute Gasteiger partial charge is 0.248 e. The second-order valence-corrected chi connectivity index (χ2v) is 9.62. The molecule has 2 nitrogen and oxygen atoms in total. The molecule has 3 rings (SSSR count). The smallest absolute Gasteiger partial charge is 0.131 e. The average molecular weight is 425 g/mol. The number of rotatable bonds is 12. The zero-order valence-electron chi connectivity index (χ0n) is 19.7. The van der Waals surface area contributed by atoms with Gasteiger partial charge in [-0.3, -0.25) is 0 Å². The molecule has 1 aliphatic carbocycles. The van der Waals surface area contributed by atoms with Gasteiger partial charge in [0.1, 0.15) is 5.82 Å². The number of hydrogen-bond donors (Lipinski definition) is 0. The van der Waals surface area contributed by atoms with Crippen molar-refractivity contribution < 1.29 is 4.39 Å². The second kappa shape index (κ2) is 12.9. The Kier molecular flexibility index (Phi) is 9.96. The van der Waals surface area contributed by atoms with Crippen LogP contribution in [0.3, 0.4) is 0 Å². The minimum atomic E-state index is -0.668. The summed E-state index contributed by atoms with van der Waals surface area (Å²) in [7, 11) is 0. The van der Waals surface area contributed by atoms with Crippen molar-refractivity contribution in [2.75, 3.05) is 0 Å². The van der Waals surface area contributed by atoms with E-state index in [0.29, 0.717) is 12.3 Å². The third-order valence-corrected chi connectivity index (χ3v) is 6.95. The number of unbranched alkanes of at least 4 members (excludes halogenated alkanes) is 4. The molecule has 1 aliphatic rings. The summed E-state index contributed by atoms with van der Waals surface area (Å²) in [4.78, 5) is 9.49. The highest BCUT2D eigenvalue weighted by Gasteiger charge is 2.23. The molecule has 0 amide bonds. The molecule has 1 saturated carbocycles. The highest BCUT2D eigenvalue weighted by Crippen LogP contribution is 2.36. The van der Waals surface area contributed by atoms with Crippen molar-refractivity contribution in [3.63, 3.8) is 0 Å². The first-order chi connectivity index (χ1) is 15.2. The summed E-state index contributed by atoms with van der Waals surface area (Å²) in [5, 5.41) is 0. The number of aryl methyl sites for hydroxylation is 1. The Morgan fingerprint density at radius 1 is 0.871 bits per heavy atom. The maximum absolute atomic E-state index is 12.8. The van der Waals surface area contributed by atoms with Gasteiger partial charge in [0.05, 0.1) is 6.17 Å². The van der Waals surface area contributed by atoms with Gasteiger partial charge in [-0.1, -0.05) is 69.7 Å². The van der Waals surface area contributed by atoms with Crippen LogP contribution in [-0.2, 0) is 6.42 Å². The molecule has 0 spiro atoms. The van der Waals surface area contributed by atoms with Crippen molar-refractivity contribution in [3.05, 3.63) is 48.0 Å². The summed E-state index contributed by atoms with van der Waals surface area (Å²) in [6.07, 6.45) is 19.0. The highest BCUT2D eigenvalue weighted by atomic mass is 19.1. The fourth-order valence-electron chi connectivity index (χ4n) is 4.89. The predicted molar refractivity (Wildman–Crippen MR) is 129 cm³/mol. The van der Waals surface area contributed by atoms with Gasteiger partial charge in [-0.25, -0.2) is 14.4 Å². The number of nitrogens with zero attached hydrogens (tertiary/aromatic N) is 2. The van der Waals surface area contributed by atoms with Crippen molar-refractivity contribution in [1.29, 1.82) is 0 Å². The molecular formula is C28H41FN2. The molecule has 0 saturated heterocycles. The Bertz CT molecular complexity index is 731. The Labute approximate surface area is 189 Å². The zero-order chi connectivity index (χ0) is 21.9. The van der Waals surface area contributed by atoms with E-state index in [1.165, 1.54) is 62.5 Å². The van der Waals surface area contributed by atoms with Crippen molar-refractivity contribution in [1.82, 2.24) is 9.97 Å². The van der Waals surface area contributed by atoms with E-state index in [9.17, 15) is 4.39 Å². The molecule has 0 bridgehead atoms. The van der Waals surface area contributed by atoms with Crippen LogP contribution in [0.4, 0.5) is 4.39 Å². The van der Waals surface area contributed by atoms with Crippen LogP contribution in [-0.4, -0.2) is 16.1 Å². The van der Waals surface area contributed by atoms with E-state index >= 15 is 0 Å².